The van der Waals surface area contributed by atoms with Crippen LogP contribution in [0.15, 0.2) is 16.6 Å². The maximum Gasteiger partial charge on any atom is 0.417 e. The summed E-state index contributed by atoms with van der Waals surface area (Å²) in [4.78, 5) is 0. The van der Waals surface area contributed by atoms with E-state index >= 15 is 0 Å². The average Bonchev–Trinajstić information content (AvgIpc) is 2.15. The summed E-state index contributed by atoms with van der Waals surface area (Å²) >= 11 is 8.42. The number of halogens is 5. The molecule has 84 valence electrons. The van der Waals surface area contributed by atoms with Gasteiger partial charge in [0, 0.05) is 10.0 Å². The molecule has 0 unspecified atom stereocenters. The zero-order chi connectivity index (χ0) is 11.6. The van der Waals surface area contributed by atoms with Crippen LogP contribution in [0.2, 0.25) is 0 Å². The summed E-state index contributed by atoms with van der Waals surface area (Å²) in [6.07, 6.45) is -4.41. The Balaban J connectivity index is 3.32. The largest absolute Gasteiger partial charge is 0.496 e. The van der Waals surface area contributed by atoms with Crippen molar-refractivity contribution < 1.29 is 17.9 Å². The molecule has 0 amide bonds. The van der Waals surface area contributed by atoms with Gasteiger partial charge in [0.05, 0.1) is 18.6 Å². The normalized spacial score (nSPS) is 11.6. The maximum atomic E-state index is 12.5. The van der Waals surface area contributed by atoms with Crippen molar-refractivity contribution in [2.24, 2.45) is 0 Å². The van der Waals surface area contributed by atoms with Crippen LogP contribution in [0.3, 0.4) is 0 Å². The molecular formula is C9H7BrClF3O. The van der Waals surface area contributed by atoms with E-state index in [4.69, 9.17) is 16.3 Å². The van der Waals surface area contributed by atoms with E-state index in [2.05, 4.69) is 15.9 Å². The van der Waals surface area contributed by atoms with Gasteiger partial charge in [0.15, 0.2) is 0 Å². The van der Waals surface area contributed by atoms with Gasteiger partial charge in [0.2, 0.25) is 0 Å². The molecule has 0 saturated carbocycles. The molecule has 0 aliphatic carbocycles. The predicted molar refractivity (Wildman–Crippen MR) is 55.3 cm³/mol. The fourth-order valence-corrected chi connectivity index (χ4v) is 1.93. The maximum absolute atomic E-state index is 12.5. The Hall–Kier alpha value is -0.420. The SMILES string of the molecule is COc1cc(C(F)(F)F)c(Br)cc1CCl. The van der Waals surface area contributed by atoms with Crippen molar-refractivity contribution >= 4 is 27.5 Å². The Kier molecular flexibility index (Phi) is 3.89. The summed E-state index contributed by atoms with van der Waals surface area (Å²) in [7, 11) is 1.31. The van der Waals surface area contributed by atoms with Crippen LogP contribution >= 0.6 is 27.5 Å². The van der Waals surface area contributed by atoms with E-state index in [1.54, 1.807) is 0 Å². The van der Waals surface area contributed by atoms with Gasteiger partial charge < -0.3 is 4.74 Å². The quantitative estimate of drug-likeness (QED) is 0.744. The average molecular weight is 304 g/mol. The van der Waals surface area contributed by atoms with Gasteiger partial charge >= 0.3 is 6.18 Å². The molecule has 0 aromatic heterocycles. The Morgan fingerprint density at radius 1 is 1.40 bits per heavy atom. The molecule has 0 radical (unpaired) electrons. The number of methoxy groups -OCH3 is 1. The van der Waals surface area contributed by atoms with Crippen LogP contribution < -0.4 is 4.74 Å². The highest BCUT2D eigenvalue weighted by atomic mass is 79.9. The molecule has 1 rings (SSSR count). The lowest BCUT2D eigenvalue weighted by Crippen LogP contribution is -2.07. The molecule has 1 aromatic carbocycles. The first kappa shape index (κ1) is 12.6. The van der Waals surface area contributed by atoms with Crippen LogP contribution in [-0.4, -0.2) is 7.11 Å². The first-order chi connectivity index (χ1) is 6.90. The zero-order valence-corrected chi connectivity index (χ0v) is 10.0. The van der Waals surface area contributed by atoms with Crippen molar-refractivity contribution in [2.75, 3.05) is 7.11 Å². The standard InChI is InChI=1S/C9H7BrClF3O/c1-15-8-3-6(9(12,13)14)7(10)2-5(8)4-11/h2-3H,4H2,1H3. The fourth-order valence-electron chi connectivity index (χ4n) is 1.11. The summed E-state index contributed by atoms with van der Waals surface area (Å²) in [5, 5.41) is 0. The monoisotopic (exact) mass is 302 g/mol. The Bertz CT molecular complexity index is 365. The number of hydrogen-bond acceptors (Lipinski definition) is 1. The minimum Gasteiger partial charge on any atom is -0.496 e. The molecule has 0 aliphatic heterocycles. The van der Waals surface area contributed by atoms with Gasteiger partial charge in [-0.15, -0.1) is 11.6 Å². The van der Waals surface area contributed by atoms with E-state index in [0.717, 1.165) is 6.07 Å². The minimum atomic E-state index is -4.41. The van der Waals surface area contributed by atoms with E-state index in [1.807, 2.05) is 0 Å². The first-order valence-corrected chi connectivity index (χ1v) is 5.22. The van der Waals surface area contributed by atoms with E-state index in [-0.39, 0.29) is 16.1 Å². The molecule has 1 nitrogen and oxygen atoms in total. The molecule has 0 aliphatic rings. The first-order valence-electron chi connectivity index (χ1n) is 3.89. The smallest absolute Gasteiger partial charge is 0.417 e. The summed E-state index contributed by atoms with van der Waals surface area (Å²) in [6, 6.07) is 2.25. The van der Waals surface area contributed by atoms with Crippen molar-refractivity contribution in [2.45, 2.75) is 12.1 Å². The van der Waals surface area contributed by atoms with Gasteiger partial charge in [-0.1, -0.05) is 15.9 Å². The summed E-state index contributed by atoms with van der Waals surface area (Å²) in [6.45, 7) is 0. The molecule has 0 spiro atoms. The number of hydrogen-bond donors (Lipinski definition) is 0. The summed E-state index contributed by atoms with van der Waals surface area (Å²) < 4.78 is 42.2. The lowest BCUT2D eigenvalue weighted by Gasteiger charge is -2.13. The number of rotatable bonds is 2. The van der Waals surface area contributed by atoms with Crippen LogP contribution in [0, 0.1) is 0 Å². The van der Waals surface area contributed by atoms with E-state index in [1.165, 1.54) is 13.2 Å². The summed E-state index contributed by atoms with van der Waals surface area (Å²) in [5.41, 5.74) is -0.257. The van der Waals surface area contributed by atoms with Crippen LogP contribution in [0.25, 0.3) is 0 Å². The van der Waals surface area contributed by atoms with Gasteiger partial charge in [-0.05, 0) is 12.1 Å². The van der Waals surface area contributed by atoms with Crippen molar-refractivity contribution in [1.29, 1.82) is 0 Å². The minimum absolute atomic E-state index is 0.0357. The molecule has 0 fully saturated rings. The predicted octanol–water partition coefficient (Wildman–Crippen LogP) is 4.22. The van der Waals surface area contributed by atoms with Gasteiger partial charge in [-0.3, -0.25) is 0 Å². The van der Waals surface area contributed by atoms with Crippen molar-refractivity contribution in [3.8, 4) is 5.75 Å². The lowest BCUT2D eigenvalue weighted by atomic mass is 10.1. The Morgan fingerprint density at radius 3 is 2.40 bits per heavy atom. The topological polar surface area (TPSA) is 9.23 Å². The second kappa shape index (κ2) is 4.61. The number of ether oxygens (including phenoxy) is 1. The van der Waals surface area contributed by atoms with E-state index < -0.39 is 11.7 Å². The highest BCUT2D eigenvalue weighted by molar-refractivity contribution is 9.10. The second-order valence-electron chi connectivity index (χ2n) is 2.78. The third-order valence-corrected chi connectivity index (χ3v) is 2.76. The zero-order valence-electron chi connectivity index (χ0n) is 7.66. The van der Waals surface area contributed by atoms with E-state index in [9.17, 15) is 13.2 Å². The molecule has 0 N–H and O–H groups in total. The van der Waals surface area contributed by atoms with Crippen LogP contribution in [-0.2, 0) is 12.1 Å². The van der Waals surface area contributed by atoms with Crippen LogP contribution in [0.5, 0.6) is 5.75 Å². The third-order valence-electron chi connectivity index (χ3n) is 1.82. The van der Waals surface area contributed by atoms with Crippen LogP contribution in [0.4, 0.5) is 13.2 Å². The van der Waals surface area contributed by atoms with E-state index in [0.29, 0.717) is 5.56 Å². The van der Waals surface area contributed by atoms with Gasteiger partial charge in [0.25, 0.3) is 0 Å². The molecular weight excluding hydrogens is 296 g/mol. The van der Waals surface area contributed by atoms with Gasteiger partial charge in [0.1, 0.15) is 5.75 Å². The number of alkyl halides is 4. The molecule has 1 aromatic rings. The molecule has 6 heteroatoms. The Morgan fingerprint density at radius 2 is 2.00 bits per heavy atom. The second-order valence-corrected chi connectivity index (χ2v) is 3.90. The molecule has 0 saturated heterocycles. The molecule has 0 bridgehead atoms. The molecule has 15 heavy (non-hydrogen) atoms. The highest BCUT2D eigenvalue weighted by Crippen LogP contribution is 2.38. The van der Waals surface area contributed by atoms with Crippen molar-refractivity contribution in [1.82, 2.24) is 0 Å². The van der Waals surface area contributed by atoms with Gasteiger partial charge in [-0.2, -0.15) is 13.2 Å². The lowest BCUT2D eigenvalue weighted by molar-refractivity contribution is -0.138. The Labute approximate surface area is 98.3 Å². The third kappa shape index (κ3) is 2.78. The highest BCUT2D eigenvalue weighted by Gasteiger charge is 2.34. The van der Waals surface area contributed by atoms with Crippen LogP contribution in [0.1, 0.15) is 11.1 Å². The van der Waals surface area contributed by atoms with Gasteiger partial charge in [-0.25, -0.2) is 0 Å². The fraction of sp³-hybridized carbons (Fsp3) is 0.333. The van der Waals surface area contributed by atoms with Crippen molar-refractivity contribution in [3.05, 3.63) is 27.7 Å². The number of benzene rings is 1. The summed E-state index contributed by atoms with van der Waals surface area (Å²) in [5.74, 6) is 0.237. The molecule has 0 atom stereocenters. The molecule has 0 heterocycles. The van der Waals surface area contributed by atoms with Crippen molar-refractivity contribution in [3.63, 3.8) is 0 Å².